The van der Waals surface area contributed by atoms with Gasteiger partial charge in [-0.2, -0.15) is 5.10 Å². The van der Waals surface area contributed by atoms with Crippen molar-refractivity contribution in [3.8, 4) is 0 Å². The van der Waals surface area contributed by atoms with Gasteiger partial charge >= 0.3 is 6.09 Å². The van der Waals surface area contributed by atoms with Crippen LogP contribution < -0.4 is 5.32 Å². The van der Waals surface area contributed by atoms with E-state index in [4.69, 9.17) is 4.74 Å². The Hall–Kier alpha value is -4.31. The third-order valence-corrected chi connectivity index (χ3v) is 6.81. The highest BCUT2D eigenvalue weighted by atomic mass is 19.1. The SMILES string of the molecule is CN(C)CC(OC(=O)N1Cc2c(NC(=O)c3ccc(F)cc3)n[nH]c2C1(C)C)c1cccc2cccnc12. The number of fused-ring (bicyclic) bond motifs is 2. The van der Waals surface area contributed by atoms with Gasteiger partial charge < -0.3 is 15.0 Å². The molecule has 38 heavy (non-hydrogen) atoms. The lowest BCUT2D eigenvalue weighted by Crippen LogP contribution is -2.42. The van der Waals surface area contributed by atoms with Crippen LogP contribution in [0.2, 0.25) is 0 Å². The largest absolute Gasteiger partial charge is 0.440 e. The third kappa shape index (κ3) is 4.70. The summed E-state index contributed by atoms with van der Waals surface area (Å²) in [7, 11) is 3.84. The first-order valence-electron chi connectivity index (χ1n) is 12.3. The standard InChI is InChI=1S/C28H29FN6O3/c1-28(2)24-21(25(33-32-24)31-26(36)18-10-12-19(29)13-11-18)15-35(28)27(37)38-22(16-34(3)4)20-9-5-7-17-8-6-14-30-23(17)20/h5-14,22H,15-16H2,1-4H3,(H2,31,32,33,36). The fourth-order valence-electron chi connectivity index (χ4n) is 4.80. The molecule has 2 N–H and O–H groups in total. The van der Waals surface area contributed by atoms with E-state index in [0.29, 0.717) is 29.2 Å². The summed E-state index contributed by atoms with van der Waals surface area (Å²) in [6.45, 7) is 4.45. The lowest BCUT2D eigenvalue weighted by atomic mass is 10.0. The first kappa shape index (κ1) is 25.3. The van der Waals surface area contributed by atoms with E-state index in [9.17, 15) is 14.0 Å². The molecule has 0 radical (unpaired) electrons. The van der Waals surface area contributed by atoms with Crippen LogP contribution in [0.15, 0.2) is 60.8 Å². The monoisotopic (exact) mass is 516 g/mol. The Morgan fingerprint density at radius 3 is 2.63 bits per heavy atom. The summed E-state index contributed by atoms with van der Waals surface area (Å²) in [6.07, 6.45) is 0.683. The van der Waals surface area contributed by atoms with Gasteiger partial charge in [-0.15, -0.1) is 0 Å². The predicted molar refractivity (Wildman–Crippen MR) is 141 cm³/mol. The van der Waals surface area contributed by atoms with E-state index >= 15 is 0 Å². The summed E-state index contributed by atoms with van der Waals surface area (Å²) in [4.78, 5) is 34.4. The lowest BCUT2D eigenvalue weighted by molar-refractivity contribution is 0.0263. The Bertz CT molecular complexity index is 1490. The highest BCUT2D eigenvalue weighted by Gasteiger charge is 2.45. The number of halogens is 1. The van der Waals surface area contributed by atoms with Crippen molar-refractivity contribution >= 4 is 28.7 Å². The second kappa shape index (κ2) is 9.86. The molecule has 9 nitrogen and oxygen atoms in total. The summed E-state index contributed by atoms with van der Waals surface area (Å²) in [5, 5.41) is 11.0. The quantitative estimate of drug-likeness (QED) is 0.380. The number of likely N-dealkylation sites (N-methyl/N-ethyl adjacent to an activating group) is 1. The van der Waals surface area contributed by atoms with Crippen LogP contribution in [0.5, 0.6) is 0 Å². The van der Waals surface area contributed by atoms with Gasteiger partial charge in [-0.05, 0) is 58.3 Å². The molecule has 1 aliphatic rings. The number of aromatic amines is 1. The molecule has 4 aromatic rings. The van der Waals surface area contributed by atoms with E-state index in [0.717, 1.165) is 16.5 Å². The number of carbonyl (C=O) groups excluding carboxylic acids is 2. The van der Waals surface area contributed by atoms with Crippen LogP contribution in [0, 0.1) is 5.82 Å². The van der Waals surface area contributed by atoms with E-state index in [2.05, 4.69) is 20.5 Å². The van der Waals surface area contributed by atoms with Crippen molar-refractivity contribution in [1.29, 1.82) is 0 Å². The average molecular weight is 517 g/mol. The fraction of sp³-hybridized carbons (Fsp3) is 0.286. The van der Waals surface area contributed by atoms with E-state index in [1.807, 2.05) is 63.2 Å². The van der Waals surface area contributed by atoms with Gasteiger partial charge in [-0.25, -0.2) is 9.18 Å². The topological polar surface area (TPSA) is 103 Å². The van der Waals surface area contributed by atoms with Crippen LogP contribution >= 0.6 is 0 Å². The van der Waals surface area contributed by atoms with Gasteiger partial charge in [0.25, 0.3) is 5.91 Å². The number of nitrogens with one attached hydrogen (secondary N) is 2. The minimum absolute atomic E-state index is 0.194. The Balaban J connectivity index is 1.38. The van der Waals surface area contributed by atoms with Crippen LogP contribution in [0.4, 0.5) is 15.0 Å². The first-order valence-corrected chi connectivity index (χ1v) is 12.3. The molecule has 0 aliphatic carbocycles. The van der Waals surface area contributed by atoms with Gasteiger partial charge in [-0.1, -0.05) is 24.3 Å². The van der Waals surface area contributed by atoms with Gasteiger partial charge in [0.2, 0.25) is 0 Å². The number of amides is 2. The molecule has 1 aliphatic heterocycles. The predicted octanol–water partition coefficient (Wildman–Crippen LogP) is 4.84. The molecule has 0 saturated carbocycles. The molecule has 3 heterocycles. The van der Waals surface area contributed by atoms with Gasteiger partial charge in [0.05, 0.1) is 23.3 Å². The number of aromatic nitrogens is 3. The van der Waals surface area contributed by atoms with Crippen LogP contribution in [-0.4, -0.2) is 57.6 Å². The minimum Gasteiger partial charge on any atom is -0.440 e. The van der Waals surface area contributed by atoms with Gasteiger partial charge in [0.1, 0.15) is 11.9 Å². The number of rotatable bonds is 6. The van der Waals surface area contributed by atoms with Crippen molar-refractivity contribution in [1.82, 2.24) is 25.0 Å². The normalized spacial score (nSPS) is 14.9. The number of para-hydroxylation sites is 1. The molecule has 5 rings (SSSR count). The lowest BCUT2D eigenvalue weighted by Gasteiger charge is -2.33. The van der Waals surface area contributed by atoms with Crippen LogP contribution in [0.25, 0.3) is 10.9 Å². The molecule has 196 valence electrons. The van der Waals surface area contributed by atoms with Crippen LogP contribution in [-0.2, 0) is 16.8 Å². The number of benzene rings is 2. The van der Waals surface area contributed by atoms with Crippen LogP contribution in [0.1, 0.15) is 47.1 Å². The van der Waals surface area contributed by atoms with E-state index < -0.39 is 29.5 Å². The molecular formula is C28H29FN6O3. The molecular weight excluding hydrogens is 487 g/mol. The Labute approximate surface area is 219 Å². The minimum atomic E-state index is -0.766. The Kier molecular flexibility index (Phi) is 6.58. The molecule has 0 spiro atoms. The van der Waals surface area contributed by atoms with Gasteiger partial charge in [-0.3, -0.25) is 19.8 Å². The zero-order chi connectivity index (χ0) is 27.0. The number of ether oxygens (including phenoxy) is 1. The molecule has 0 fully saturated rings. The highest BCUT2D eigenvalue weighted by molar-refractivity contribution is 6.04. The molecule has 0 bridgehead atoms. The maximum Gasteiger partial charge on any atom is 0.411 e. The van der Waals surface area contributed by atoms with Crippen molar-refractivity contribution in [3.05, 3.63) is 89.0 Å². The number of hydrogen-bond acceptors (Lipinski definition) is 6. The summed E-state index contributed by atoms with van der Waals surface area (Å²) in [5.74, 6) is -0.529. The van der Waals surface area contributed by atoms with E-state index in [1.54, 1.807) is 11.1 Å². The van der Waals surface area contributed by atoms with Crippen LogP contribution in [0.3, 0.4) is 0 Å². The fourth-order valence-corrected chi connectivity index (χ4v) is 4.80. The molecule has 0 saturated heterocycles. The summed E-state index contributed by atoms with van der Waals surface area (Å²) in [6, 6.07) is 14.9. The van der Waals surface area contributed by atoms with Gasteiger partial charge in [0, 0.05) is 34.8 Å². The van der Waals surface area contributed by atoms with Crippen molar-refractivity contribution < 1.29 is 18.7 Å². The Morgan fingerprint density at radius 1 is 1.16 bits per heavy atom. The average Bonchev–Trinajstić information content (AvgIpc) is 3.41. The maximum absolute atomic E-state index is 13.6. The molecule has 2 aromatic carbocycles. The molecule has 2 aromatic heterocycles. The Morgan fingerprint density at radius 2 is 1.89 bits per heavy atom. The number of carbonyl (C=O) groups is 2. The smallest absolute Gasteiger partial charge is 0.411 e. The maximum atomic E-state index is 13.6. The van der Waals surface area contributed by atoms with E-state index in [1.165, 1.54) is 24.3 Å². The summed E-state index contributed by atoms with van der Waals surface area (Å²) < 4.78 is 19.4. The molecule has 10 heteroatoms. The molecule has 1 unspecified atom stereocenters. The van der Waals surface area contributed by atoms with Crippen molar-refractivity contribution in [2.45, 2.75) is 32.0 Å². The number of H-pyrrole nitrogens is 1. The van der Waals surface area contributed by atoms with Crippen molar-refractivity contribution in [2.75, 3.05) is 26.0 Å². The van der Waals surface area contributed by atoms with Crippen molar-refractivity contribution in [3.63, 3.8) is 0 Å². The molecule has 2 amide bonds. The zero-order valence-electron chi connectivity index (χ0n) is 21.7. The number of nitrogens with zero attached hydrogens (tertiary/aromatic N) is 4. The van der Waals surface area contributed by atoms with Crippen molar-refractivity contribution in [2.24, 2.45) is 0 Å². The molecule has 1 atom stereocenters. The first-order chi connectivity index (χ1) is 18.1. The second-order valence-electron chi connectivity index (χ2n) is 10.1. The number of anilines is 1. The zero-order valence-corrected chi connectivity index (χ0v) is 21.7. The third-order valence-electron chi connectivity index (χ3n) is 6.81. The van der Waals surface area contributed by atoms with E-state index in [-0.39, 0.29) is 6.54 Å². The summed E-state index contributed by atoms with van der Waals surface area (Å²) in [5.41, 5.74) is 2.55. The highest BCUT2D eigenvalue weighted by Crippen LogP contribution is 2.41. The summed E-state index contributed by atoms with van der Waals surface area (Å²) >= 11 is 0. The second-order valence-corrected chi connectivity index (χ2v) is 10.1. The number of pyridine rings is 1. The van der Waals surface area contributed by atoms with Gasteiger partial charge in [0.15, 0.2) is 5.82 Å². The number of hydrogen-bond donors (Lipinski definition) is 2.